The van der Waals surface area contributed by atoms with Crippen molar-refractivity contribution in [1.29, 1.82) is 0 Å². The summed E-state index contributed by atoms with van der Waals surface area (Å²) in [5.41, 5.74) is 4.29. The molecule has 0 amide bonds. The van der Waals surface area contributed by atoms with E-state index in [0.29, 0.717) is 0 Å². The van der Waals surface area contributed by atoms with Crippen molar-refractivity contribution in [3.05, 3.63) is 48.5 Å². The fourth-order valence-corrected chi connectivity index (χ4v) is 4.59. The molecular formula is C22H28N4O2S. The van der Waals surface area contributed by atoms with Gasteiger partial charge in [-0.2, -0.15) is 0 Å². The van der Waals surface area contributed by atoms with Crippen LogP contribution in [0.25, 0.3) is 22.2 Å². The molecule has 2 N–H and O–H groups in total. The second-order valence-electron chi connectivity index (χ2n) is 8.65. The van der Waals surface area contributed by atoms with Gasteiger partial charge in [0.25, 0.3) is 0 Å². The second kappa shape index (κ2) is 7.46. The SMILES string of the molecule is CC(C)(C)S(=O)(=O)NC1CCN(c2nc3ccc(-c4ccccc4)cc3[nH]2)CC1. The molecule has 2 heterocycles. The highest BCUT2D eigenvalue weighted by atomic mass is 32.2. The maximum atomic E-state index is 12.4. The van der Waals surface area contributed by atoms with Crippen LogP contribution in [-0.4, -0.2) is 42.3 Å². The van der Waals surface area contributed by atoms with Crippen LogP contribution in [-0.2, 0) is 10.0 Å². The lowest BCUT2D eigenvalue weighted by atomic mass is 10.1. The zero-order chi connectivity index (χ0) is 20.6. The Kier molecular flexibility index (Phi) is 5.12. The molecule has 3 aromatic rings. The molecule has 1 fully saturated rings. The molecule has 1 aromatic heterocycles. The number of anilines is 1. The first-order valence-electron chi connectivity index (χ1n) is 10.0. The number of benzene rings is 2. The lowest BCUT2D eigenvalue weighted by Crippen LogP contribution is -2.49. The van der Waals surface area contributed by atoms with E-state index in [4.69, 9.17) is 4.98 Å². The first-order chi connectivity index (χ1) is 13.7. The van der Waals surface area contributed by atoms with Gasteiger partial charge in [-0.15, -0.1) is 0 Å². The molecule has 6 nitrogen and oxygen atoms in total. The molecule has 0 radical (unpaired) electrons. The highest BCUT2D eigenvalue weighted by Crippen LogP contribution is 2.26. The number of H-pyrrole nitrogens is 1. The predicted octanol–water partition coefficient (Wildman–Crippen LogP) is 3.92. The van der Waals surface area contributed by atoms with E-state index in [1.54, 1.807) is 20.8 Å². The molecule has 2 aromatic carbocycles. The van der Waals surface area contributed by atoms with E-state index in [2.05, 4.69) is 38.9 Å². The van der Waals surface area contributed by atoms with Gasteiger partial charge in [0.05, 0.1) is 15.8 Å². The summed E-state index contributed by atoms with van der Waals surface area (Å²) in [5, 5.41) is 0. The summed E-state index contributed by atoms with van der Waals surface area (Å²) >= 11 is 0. The van der Waals surface area contributed by atoms with Crippen molar-refractivity contribution >= 4 is 27.0 Å². The molecule has 0 spiro atoms. The van der Waals surface area contributed by atoms with Gasteiger partial charge >= 0.3 is 0 Å². The fourth-order valence-electron chi connectivity index (χ4n) is 3.56. The number of sulfonamides is 1. The molecule has 0 saturated carbocycles. The zero-order valence-corrected chi connectivity index (χ0v) is 18.0. The summed E-state index contributed by atoms with van der Waals surface area (Å²) in [6.45, 7) is 6.71. The van der Waals surface area contributed by atoms with Gasteiger partial charge in [0.1, 0.15) is 0 Å². The summed E-state index contributed by atoms with van der Waals surface area (Å²) < 4.78 is 26.9. The lowest BCUT2D eigenvalue weighted by Gasteiger charge is -2.33. The van der Waals surface area contributed by atoms with Gasteiger partial charge in [-0.25, -0.2) is 18.1 Å². The molecule has 0 atom stereocenters. The lowest BCUT2D eigenvalue weighted by molar-refractivity contribution is 0.448. The number of hydrogen-bond donors (Lipinski definition) is 2. The molecular weight excluding hydrogens is 384 g/mol. The van der Waals surface area contributed by atoms with Gasteiger partial charge in [0, 0.05) is 19.1 Å². The number of piperidine rings is 1. The number of fused-ring (bicyclic) bond motifs is 1. The Bertz CT molecular complexity index is 1090. The number of aromatic nitrogens is 2. The molecule has 1 aliphatic rings. The van der Waals surface area contributed by atoms with Crippen LogP contribution in [0, 0.1) is 0 Å². The fraction of sp³-hybridized carbons (Fsp3) is 0.409. The Morgan fingerprint density at radius 1 is 1.03 bits per heavy atom. The van der Waals surface area contributed by atoms with E-state index in [1.807, 2.05) is 24.3 Å². The molecule has 154 valence electrons. The Morgan fingerprint density at radius 2 is 1.72 bits per heavy atom. The third-order valence-corrected chi connectivity index (χ3v) is 7.76. The average molecular weight is 413 g/mol. The van der Waals surface area contributed by atoms with Crippen LogP contribution in [0.3, 0.4) is 0 Å². The number of imidazole rings is 1. The maximum Gasteiger partial charge on any atom is 0.216 e. The molecule has 7 heteroatoms. The van der Waals surface area contributed by atoms with E-state index in [-0.39, 0.29) is 6.04 Å². The van der Waals surface area contributed by atoms with Crippen molar-refractivity contribution in [2.75, 3.05) is 18.0 Å². The monoisotopic (exact) mass is 412 g/mol. The normalized spacial score (nSPS) is 16.4. The number of hydrogen-bond acceptors (Lipinski definition) is 4. The molecule has 4 rings (SSSR count). The smallest absolute Gasteiger partial charge is 0.216 e. The molecule has 1 aliphatic heterocycles. The summed E-state index contributed by atoms with van der Waals surface area (Å²) in [7, 11) is -3.32. The van der Waals surface area contributed by atoms with Crippen LogP contribution in [0.15, 0.2) is 48.5 Å². The Morgan fingerprint density at radius 3 is 2.38 bits per heavy atom. The second-order valence-corrected chi connectivity index (χ2v) is 11.1. The third-order valence-electron chi connectivity index (χ3n) is 5.50. The Balaban J connectivity index is 1.46. The molecule has 0 aliphatic carbocycles. The van der Waals surface area contributed by atoms with Crippen molar-refractivity contribution in [3.63, 3.8) is 0 Å². The van der Waals surface area contributed by atoms with Gasteiger partial charge < -0.3 is 9.88 Å². The number of nitrogens with one attached hydrogen (secondary N) is 2. The minimum Gasteiger partial charge on any atom is -0.342 e. The summed E-state index contributed by atoms with van der Waals surface area (Å²) in [4.78, 5) is 10.4. The van der Waals surface area contributed by atoms with Crippen LogP contribution >= 0.6 is 0 Å². The highest BCUT2D eigenvalue weighted by Gasteiger charge is 2.32. The van der Waals surface area contributed by atoms with Crippen molar-refractivity contribution in [2.45, 2.75) is 44.4 Å². The van der Waals surface area contributed by atoms with Gasteiger partial charge in [0.15, 0.2) is 0 Å². The summed E-state index contributed by atoms with van der Waals surface area (Å²) in [6.07, 6.45) is 1.53. The molecule has 1 saturated heterocycles. The molecule has 0 bridgehead atoms. The van der Waals surface area contributed by atoms with E-state index in [9.17, 15) is 8.42 Å². The van der Waals surface area contributed by atoms with Gasteiger partial charge in [-0.05, 0) is 56.9 Å². The van der Waals surface area contributed by atoms with E-state index in [1.165, 1.54) is 5.56 Å². The largest absolute Gasteiger partial charge is 0.342 e. The first kappa shape index (κ1) is 19.9. The van der Waals surface area contributed by atoms with Crippen LogP contribution in [0.4, 0.5) is 5.95 Å². The quantitative estimate of drug-likeness (QED) is 0.681. The van der Waals surface area contributed by atoms with E-state index < -0.39 is 14.8 Å². The van der Waals surface area contributed by atoms with E-state index in [0.717, 1.165) is 48.5 Å². The zero-order valence-electron chi connectivity index (χ0n) is 17.1. The Labute approximate surface area is 172 Å². The minimum atomic E-state index is -3.32. The van der Waals surface area contributed by atoms with Gasteiger partial charge in [0.2, 0.25) is 16.0 Å². The van der Waals surface area contributed by atoms with Crippen LogP contribution < -0.4 is 9.62 Å². The van der Waals surface area contributed by atoms with Crippen LogP contribution in [0.5, 0.6) is 0 Å². The van der Waals surface area contributed by atoms with Gasteiger partial charge in [-0.3, -0.25) is 0 Å². The highest BCUT2D eigenvalue weighted by molar-refractivity contribution is 7.90. The predicted molar refractivity (Wildman–Crippen MR) is 119 cm³/mol. The van der Waals surface area contributed by atoms with Crippen LogP contribution in [0.2, 0.25) is 0 Å². The molecule has 0 unspecified atom stereocenters. The van der Waals surface area contributed by atoms with Crippen molar-refractivity contribution in [1.82, 2.24) is 14.7 Å². The average Bonchev–Trinajstić information content (AvgIpc) is 3.11. The maximum absolute atomic E-state index is 12.4. The van der Waals surface area contributed by atoms with Crippen LogP contribution in [0.1, 0.15) is 33.6 Å². The standard InChI is InChI=1S/C22H28N4O2S/c1-22(2,3)29(27,28)25-18-11-13-26(14-12-18)21-23-19-10-9-17(15-20(19)24-21)16-7-5-4-6-8-16/h4-10,15,18,25H,11-14H2,1-3H3,(H,23,24). The van der Waals surface area contributed by atoms with Gasteiger partial charge in [-0.1, -0.05) is 36.4 Å². The first-order valence-corrected chi connectivity index (χ1v) is 11.5. The summed E-state index contributed by atoms with van der Waals surface area (Å²) in [6, 6.07) is 16.5. The molecule has 29 heavy (non-hydrogen) atoms. The number of nitrogens with zero attached hydrogens (tertiary/aromatic N) is 2. The van der Waals surface area contributed by atoms with E-state index >= 15 is 0 Å². The number of rotatable bonds is 4. The Hall–Kier alpha value is -2.38. The van der Waals surface area contributed by atoms with Crippen molar-refractivity contribution in [2.24, 2.45) is 0 Å². The van der Waals surface area contributed by atoms with Crippen molar-refractivity contribution < 1.29 is 8.42 Å². The number of aromatic amines is 1. The topological polar surface area (TPSA) is 78.1 Å². The minimum absolute atomic E-state index is 0.0236. The third kappa shape index (κ3) is 4.16. The van der Waals surface area contributed by atoms with Crippen molar-refractivity contribution in [3.8, 4) is 11.1 Å². The summed E-state index contributed by atoms with van der Waals surface area (Å²) in [5.74, 6) is 0.849.